The van der Waals surface area contributed by atoms with E-state index in [9.17, 15) is 14.4 Å². The van der Waals surface area contributed by atoms with Crippen LogP contribution in [0.4, 0.5) is 4.79 Å². The summed E-state index contributed by atoms with van der Waals surface area (Å²) >= 11 is 13.6. The molecule has 2 amide bonds. The molecule has 216 valence electrons. The van der Waals surface area contributed by atoms with Gasteiger partial charge >= 0.3 is 6.09 Å². The third-order valence-electron chi connectivity index (χ3n) is 6.53. The number of H-pyrrole nitrogens is 1. The van der Waals surface area contributed by atoms with Gasteiger partial charge in [0.25, 0.3) is 11.5 Å². The van der Waals surface area contributed by atoms with E-state index in [1.807, 2.05) is 32.9 Å². The van der Waals surface area contributed by atoms with Gasteiger partial charge in [-0.2, -0.15) is 0 Å². The fourth-order valence-corrected chi connectivity index (χ4v) is 5.64. The van der Waals surface area contributed by atoms with Crippen LogP contribution in [0, 0.1) is 0 Å². The van der Waals surface area contributed by atoms with Crippen molar-refractivity contribution < 1.29 is 19.1 Å². The highest BCUT2D eigenvalue weighted by Gasteiger charge is 2.30. The van der Waals surface area contributed by atoms with Gasteiger partial charge in [0.1, 0.15) is 22.8 Å². The number of thioether (sulfide) groups is 1. The van der Waals surface area contributed by atoms with Gasteiger partial charge in [-0.15, -0.1) is 0 Å². The van der Waals surface area contributed by atoms with E-state index in [1.165, 1.54) is 18.0 Å². The molecule has 0 fully saturated rings. The number of halogens is 2. The Balaban J connectivity index is 1.34. The second-order valence-corrected chi connectivity index (χ2v) is 12.4. The van der Waals surface area contributed by atoms with Crippen molar-refractivity contribution in [2.24, 2.45) is 5.73 Å². The minimum atomic E-state index is -0.882. The predicted molar refractivity (Wildman–Crippen MR) is 162 cm³/mol. The smallest absolute Gasteiger partial charge is 0.409 e. The van der Waals surface area contributed by atoms with E-state index >= 15 is 0 Å². The molecule has 12 heteroatoms. The molecule has 3 aromatic carbocycles. The van der Waals surface area contributed by atoms with E-state index in [-0.39, 0.29) is 11.0 Å². The summed E-state index contributed by atoms with van der Waals surface area (Å²) in [7, 11) is 0. The van der Waals surface area contributed by atoms with Crippen molar-refractivity contribution in [3.05, 3.63) is 109 Å². The first kappa shape index (κ1) is 29.5. The fourth-order valence-electron chi connectivity index (χ4n) is 4.54. The van der Waals surface area contributed by atoms with Crippen LogP contribution in [0.25, 0.3) is 0 Å². The summed E-state index contributed by atoms with van der Waals surface area (Å²) in [6, 6.07) is 15.1. The molecule has 0 saturated heterocycles. The monoisotopic (exact) mass is 624 g/mol. The largest absolute Gasteiger partial charge is 0.456 e. The lowest BCUT2D eigenvalue weighted by Crippen LogP contribution is -2.34. The van der Waals surface area contributed by atoms with Crippen molar-refractivity contribution >= 4 is 47.0 Å². The van der Waals surface area contributed by atoms with Crippen LogP contribution in [0.15, 0.2) is 70.7 Å². The SMILES string of the molecule is CC(C)(C)c1cc(CSc2ncc(C(=O)NC3c4ccc(Cl)cc4Oc4cc(Cl)ccc43)c(=O)[nH]2)ccc1OC(N)=O. The normalized spacial score (nSPS) is 12.6. The van der Waals surface area contributed by atoms with Gasteiger partial charge in [0.15, 0.2) is 5.16 Å². The van der Waals surface area contributed by atoms with Crippen molar-refractivity contribution in [2.45, 2.75) is 43.1 Å². The van der Waals surface area contributed by atoms with E-state index in [0.717, 1.165) is 11.1 Å². The Morgan fingerprint density at radius 1 is 1.05 bits per heavy atom. The first-order valence-electron chi connectivity index (χ1n) is 12.8. The Hall–Kier alpha value is -3.99. The number of nitrogens with two attached hydrogens (primary N) is 1. The first-order valence-corrected chi connectivity index (χ1v) is 14.5. The van der Waals surface area contributed by atoms with Gasteiger partial charge in [0, 0.05) is 38.7 Å². The average molecular weight is 626 g/mol. The predicted octanol–water partition coefficient (Wildman–Crippen LogP) is 6.75. The van der Waals surface area contributed by atoms with Crippen molar-refractivity contribution in [1.29, 1.82) is 0 Å². The van der Waals surface area contributed by atoms with Crippen molar-refractivity contribution in [3.8, 4) is 17.2 Å². The number of rotatable bonds is 6. The van der Waals surface area contributed by atoms with Crippen LogP contribution in [-0.4, -0.2) is 22.0 Å². The molecule has 1 aliphatic rings. The maximum absolute atomic E-state index is 13.3. The minimum absolute atomic E-state index is 0.139. The van der Waals surface area contributed by atoms with E-state index < -0.39 is 23.6 Å². The highest BCUT2D eigenvalue weighted by atomic mass is 35.5. The zero-order valence-corrected chi connectivity index (χ0v) is 25.1. The third kappa shape index (κ3) is 6.41. The molecular weight excluding hydrogens is 599 g/mol. The van der Waals surface area contributed by atoms with Gasteiger partial charge in [-0.25, -0.2) is 9.78 Å². The molecule has 0 radical (unpaired) electrons. The van der Waals surface area contributed by atoms with Crippen LogP contribution >= 0.6 is 35.0 Å². The molecule has 0 saturated carbocycles. The number of carbonyl (C=O) groups excluding carboxylic acids is 2. The van der Waals surface area contributed by atoms with Gasteiger partial charge in [0.05, 0.1) is 6.04 Å². The molecule has 1 aliphatic heterocycles. The summed E-state index contributed by atoms with van der Waals surface area (Å²) in [6.07, 6.45) is 0.374. The standard InChI is InChI=1S/C30H26Cl2N4O5S/c1-30(2,3)21-10-15(4-9-22(21)41-28(33)39)14-42-29-34-13-20(27(38)36-29)26(37)35-25-18-7-5-16(31)11-23(18)40-24-12-17(32)6-8-19(24)25/h4-13,25H,14H2,1-3H3,(H2,33,39)(H,35,37)(H,34,36,38). The number of primary amides is 1. The van der Waals surface area contributed by atoms with E-state index in [0.29, 0.717) is 49.3 Å². The number of ether oxygens (including phenoxy) is 2. The molecule has 0 atom stereocenters. The summed E-state index contributed by atoms with van der Waals surface area (Å²) in [5.74, 6) is 1.21. The highest BCUT2D eigenvalue weighted by molar-refractivity contribution is 7.98. The molecule has 1 aromatic heterocycles. The second kappa shape index (κ2) is 11.7. The number of carbonyl (C=O) groups is 2. The lowest BCUT2D eigenvalue weighted by molar-refractivity contribution is 0.0939. The maximum atomic E-state index is 13.3. The van der Waals surface area contributed by atoms with E-state index in [4.69, 9.17) is 38.4 Å². The lowest BCUT2D eigenvalue weighted by Gasteiger charge is -2.29. The zero-order valence-electron chi connectivity index (χ0n) is 22.8. The average Bonchev–Trinajstić information content (AvgIpc) is 2.91. The number of aromatic nitrogens is 2. The fraction of sp³-hybridized carbons (Fsp3) is 0.200. The number of amides is 2. The van der Waals surface area contributed by atoms with Crippen LogP contribution in [0.5, 0.6) is 17.2 Å². The molecule has 0 unspecified atom stereocenters. The molecule has 4 aromatic rings. The molecular formula is C30H26Cl2N4O5S. The van der Waals surface area contributed by atoms with Gasteiger partial charge < -0.3 is 25.5 Å². The third-order valence-corrected chi connectivity index (χ3v) is 7.96. The quantitative estimate of drug-likeness (QED) is 0.159. The topological polar surface area (TPSA) is 136 Å². The molecule has 2 heterocycles. The summed E-state index contributed by atoms with van der Waals surface area (Å²) in [6.45, 7) is 5.99. The number of benzene rings is 3. The van der Waals surface area contributed by atoms with Crippen LogP contribution in [0.3, 0.4) is 0 Å². The van der Waals surface area contributed by atoms with E-state index in [1.54, 1.807) is 42.5 Å². The molecule has 0 aliphatic carbocycles. The maximum Gasteiger partial charge on any atom is 0.409 e. The molecule has 0 bridgehead atoms. The Labute approximate surface area is 255 Å². The summed E-state index contributed by atoms with van der Waals surface area (Å²) in [5, 5.41) is 4.22. The number of fused-ring (bicyclic) bond motifs is 2. The Bertz CT molecular complexity index is 1720. The molecule has 5 rings (SSSR count). The van der Waals surface area contributed by atoms with Crippen LogP contribution in [0.1, 0.15) is 59.4 Å². The van der Waals surface area contributed by atoms with E-state index in [2.05, 4.69) is 15.3 Å². The molecule has 0 spiro atoms. The highest BCUT2D eigenvalue weighted by Crippen LogP contribution is 2.44. The molecule has 9 nitrogen and oxygen atoms in total. The van der Waals surface area contributed by atoms with Gasteiger partial charge in [-0.3, -0.25) is 9.59 Å². The Kier molecular flexibility index (Phi) is 8.23. The van der Waals surface area contributed by atoms with Gasteiger partial charge in [-0.1, -0.05) is 80.0 Å². The number of nitrogens with one attached hydrogen (secondary N) is 2. The summed E-state index contributed by atoms with van der Waals surface area (Å²) in [5.41, 5.74) is 7.28. The van der Waals surface area contributed by atoms with Gasteiger partial charge in [-0.05, 0) is 41.3 Å². The second-order valence-electron chi connectivity index (χ2n) is 10.6. The number of nitrogens with zero attached hydrogens (tertiary/aromatic N) is 1. The number of aromatic amines is 1. The Morgan fingerprint density at radius 2 is 1.69 bits per heavy atom. The van der Waals surface area contributed by atoms with Crippen molar-refractivity contribution in [2.75, 3.05) is 0 Å². The van der Waals surface area contributed by atoms with Crippen molar-refractivity contribution in [1.82, 2.24) is 15.3 Å². The van der Waals surface area contributed by atoms with Crippen LogP contribution < -0.4 is 26.1 Å². The summed E-state index contributed by atoms with van der Waals surface area (Å²) < 4.78 is 11.1. The molecule has 42 heavy (non-hydrogen) atoms. The van der Waals surface area contributed by atoms with Gasteiger partial charge in [0.2, 0.25) is 0 Å². The number of hydrogen-bond donors (Lipinski definition) is 3. The van der Waals surface area contributed by atoms with Crippen LogP contribution in [-0.2, 0) is 11.2 Å². The van der Waals surface area contributed by atoms with Crippen molar-refractivity contribution in [3.63, 3.8) is 0 Å². The first-order chi connectivity index (χ1) is 19.9. The zero-order chi connectivity index (χ0) is 30.2. The lowest BCUT2D eigenvalue weighted by atomic mass is 9.85. The summed E-state index contributed by atoms with van der Waals surface area (Å²) in [4.78, 5) is 44.6. The minimum Gasteiger partial charge on any atom is -0.456 e. The Morgan fingerprint density at radius 3 is 2.26 bits per heavy atom. The van der Waals surface area contributed by atoms with Crippen LogP contribution in [0.2, 0.25) is 10.0 Å². The molecule has 4 N–H and O–H groups in total. The number of hydrogen-bond acceptors (Lipinski definition) is 7.